The molecule has 0 unspecified atom stereocenters. The van der Waals surface area contributed by atoms with E-state index in [1.165, 1.54) is 0 Å². The second kappa shape index (κ2) is 8.87. The number of halogens is 2. The van der Waals surface area contributed by atoms with Gasteiger partial charge in [0.05, 0.1) is 34.0 Å². The smallest absolute Gasteiger partial charge is 0.145 e. The van der Waals surface area contributed by atoms with Crippen molar-refractivity contribution >= 4 is 34.1 Å². The van der Waals surface area contributed by atoms with Crippen LogP contribution in [0.4, 0.5) is 0 Å². The summed E-state index contributed by atoms with van der Waals surface area (Å²) in [6.07, 6.45) is 13.5. The van der Waals surface area contributed by atoms with E-state index in [9.17, 15) is 0 Å². The van der Waals surface area contributed by atoms with Crippen LogP contribution in [-0.2, 0) is 11.3 Å². The quantitative estimate of drug-likeness (QED) is 0.270. The van der Waals surface area contributed by atoms with Crippen LogP contribution in [0.3, 0.4) is 0 Å². The SMILES string of the molecule is Clc1cncc(Cl)c1-c1noc(C2CC2)c1COC12CCC(C#Cc3ccc4[nH]ncc4c3)(CC1)CC2. The molecule has 0 amide bonds. The molecule has 0 saturated heterocycles. The highest BCUT2D eigenvalue weighted by atomic mass is 35.5. The molecule has 1 aromatic carbocycles. The molecule has 3 aromatic heterocycles. The molecule has 2 bridgehead atoms. The minimum absolute atomic E-state index is 0.0794. The summed E-state index contributed by atoms with van der Waals surface area (Å²) in [5, 5.41) is 13.5. The maximum absolute atomic E-state index is 6.75. The molecule has 8 rings (SSSR count). The summed E-state index contributed by atoms with van der Waals surface area (Å²) in [7, 11) is 0. The number of hydrogen-bond donors (Lipinski definition) is 1. The number of rotatable bonds is 5. The Hall–Kier alpha value is -2.85. The van der Waals surface area contributed by atoms with Crippen molar-refractivity contribution in [2.75, 3.05) is 0 Å². The number of nitrogens with one attached hydrogen (secondary N) is 1. The van der Waals surface area contributed by atoms with Crippen LogP contribution in [0.25, 0.3) is 22.2 Å². The Morgan fingerprint density at radius 3 is 2.51 bits per heavy atom. The second-order valence-corrected chi connectivity index (χ2v) is 11.6. The lowest BCUT2D eigenvalue weighted by atomic mass is 9.59. The molecule has 8 heteroatoms. The van der Waals surface area contributed by atoms with Gasteiger partial charge < -0.3 is 9.26 Å². The number of ether oxygens (including phenoxy) is 1. The van der Waals surface area contributed by atoms with Crippen molar-refractivity contribution in [2.24, 2.45) is 5.41 Å². The van der Waals surface area contributed by atoms with E-state index in [1.54, 1.807) is 12.4 Å². The first-order valence-corrected chi connectivity index (χ1v) is 13.7. The Morgan fingerprint density at radius 1 is 1.03 bits per heavy atom. The van der Waals surface area contributed by atoms with Gasteiger partial charge in [0.15, 0.2) is 0 Å². The number of nitrogens with zero attached hydrogens (tertiary/aromatic N) is 3. The fraction of sp³-hybridized carbons (Fsp3) is 0.414. The summed E-state index contributed by atoms with van der Waals surface area (Å²) >= 11 is 13.0. The molecule has 37 heavy (non-hydrogen) atoms. The molecule has 4 aromatic rings. The van der Waals surface area contributed by atoms with Crippen LogP contribution in [0.5, 0.6) is 0 Å². The Bertz CT molecular complexity index is 1510. The molecule has 0 atom stereocenters. The van der Waals surface area contributed by atoms with Gasteiger partial charge in [-0.1, -0.05) is 40.2 Å². The molecule has 0 aliphatic heterocycles. The van der Waals surface area contributed by atoms with Crippen LogP contribution in [0.2, 0.25) is 10.0 Å². The third-order valence-electron chi connectivity index (χ3n) is 8.47. The zero-order chi connectivity index (χ0) is 25.0. The summed E-state index contributed by atoms with van der Waals surface area (Å²) < 4.78 is 12.6. The van der Waals surface area contributed by atoms with Crippen molar-refractivity contribution in [1.29, 1.82) is 0 Å². The Balaban J connectivity index is 1.09. The van der Waals surface area contributed by atoms with Crippen LogP contribution in [0.1, 0.15) is 74.2 Å². The van der Waals surface area contributed by atoms with E-state index in [0.717, 1.165) is 79.2 Å². The Labute approximate surface area is 225 Å². The number of H-pyrrole nitrogens is 1. The molecule has 6 nitrogen and oxygen atoms in total. The molecule has 4 aliphatic carbocycles. The summed E-state index contributed by atoms with van der Waals surface area (Å²) in [6, 6.07) is 6.22. The van der Waals surface area contributed by atoms with Crippen molar-refractivity contribution < 1.29 is 9.26 Å². The number of fused-ring (bicyclic) bond motifs is 4. The normalized spacial score (nSPS) is 24.8. The van der Waals surface area contributed by atoms with Crippen LogP contribution in [0.15, 0.2) is 41.3 Å². The van der Waals surface area contributed by atoms with Gasteiger partial charge in [0.25, 0.3) is 0 Å². The predicted octanol–water partition coefficient (Wildman–Crippen LogP) is 7.46. The molecular formula is C29H26Cl2N4O2. The molecule has 4 saturated carbocycles. The van der Waals surface area contributed by atoms with Gasteiger partial charge in [0.2, 0.25) is 0 Å². The molecular weight excluding hydrogens is 507 g/mol. The first-order chi connectivity index (χ1) is 18.0. The van der Waals surface area contributed by atoms with Gasteiger partial charge in [-0.3, -0.25) is 10.1 Å². The first kappa shape index (κ1) is 23.3. The van der Waals surface area contributed by atoms with Gasteiger partial charge in [-0.15, -0.1) is 0 Å². The average Bonchev–Trinajstić information content (AvgIpc) is 3.51. The van der Waals surface area contributed by atoms with E-state index in [2.05, 4.69) is 44.3 Å². The number of aromatic amines is 1. The summed E-state index contributed by atoms with van der Waals surface area (Å²) in [4.78, 5) is 4.09. The third-order valence-corrected chi connectivity index (χ3v) is 9.04. The molecule has 1 N–H and O–H groups in total. The zero-order valence-corrected chi connectivity index (χ0v) is 21.8. The maximum atomic E-state index is 6.75. The highest BCUT2D eigenvalue weighted by molar-refractivity contribution is 6.38. The van der Waals surface area contributed by atoms with Gasteiger partial charge >= 0.3 is 0 Å². The minimum atomic E-state index is -0.125. The lowest BCUT2D eigenvalue weighted by Gasteiger charge is -2.51. The lowest BCUT2D eigenvalue weighted by molar-refractivity contribution is -0.131. The van der Waals surface area contributed by atoms with E-state index < -0.39 is 0 Å². The number of aromatic nitrogens is 4. The van der Waals surface area contributed by atoms with Crippen molar-refractivity contribution in [3.05, 3.63) is 63.7 Å². The van der Waals surface area contributed by atoms with Crippen LogP contribution >= 0.6 is 23.2 Å². The molecule has 3 heterocycles. The zero-order valence-electron chi connectivity index (χ0n) is 20.3. The van der Waals surface area contributed by atoms with Crippen molar-refractivity contribution in [3.8, 4) is 23.1 Å². The third kappa shape index (κ3) is 4.24. The van der Waals surface area contributed by atoms with Crippen LogP contribution in [0, 0.1) is 17.3 Å². The van der Waals surface area contributed by atoms with E-state index in [-0.39, 0.29) is 11.0 Å². The molecule has 4 aliphatic rings. The highest BCUT2D eigenvalue weighted by Crippen LogP contribution is 2.54. The van der Waals surface area contributed by atoms with E-state index in [1.807, 2.05) is 12.3 Å². The second-order valence-electron chi connectivity index (χ2n) is 10.8. The van der Waals surface area contributed by atoms with Crippen molar-refractivity contribution in [2.45, 2.75) is 69.5 Å². The van der Waals surface area contributed by atoms with E-state index in [0.29, 0.717) is 33.8 Å². The summed E-state index contributed by atoms with van der Waals surface area (Å²) in [5.41, 5.74) is 4.36. The van der Waals surface area contributed by atoms with Gasteiger partial charge in [-0.25, -0.2) is 0 Å². The van der Waals surface area contributed by atoms with E-state index >= 15 is 0 Å². The van der Waals surface area contributed by atoms with Crippen molar-refractivity contribution in [3.63, 3.8) is 0 Å². The van der Waals surface area contributed by atoms with Crippen LogP contribution < -0.4 is 0 Å². The molecule has 4 fully saturated rings. The Morgan fingerprint density at radius 2 is 1.78 bits per heavy atom. The first-order valence-electron chi connectivity index (χ1n) is 12.9. The minimum Gasteiger partial charge on any atom is -0.370 e. The summed E-state index contributed by atoms with van der Waals surface area (Å²) in [6.45, 7) is 0.447. The van der Waals surface area contributed by atoms with E-state index in [4.69, 9.17) is 32.5 Å². The van der Waals surface area contributed by atoms with Gasteiger partial charge in [0, 0.05) is 45.8 Å². The predicted molar refractivity (Wildman–Crippen MR) is 142 cm³/mol. The maximum Gasteiger partial charge on any atom is 0.145 e. The molecule has 0 spiro atoms. The fourth-order valence-electron chi connectivity index (χ4n) is 5.97. The average molecular weight is 533 g/mol. The standard InChI is InChI=1S/C29H26Cl2N4O2/c30-22-15-32-16-23(31)25(22)26-21(27(37-35-26)19-2-3-19)17-36-29-10-7-28(8-11-29,9-12-29)6-5-18-1-4-24-20(13-18)14-33-34-24/h1,4,13-16,19H,2-3,7-12,17H2,(H,33,34). The van der Waals surface area contributed by atoms with Crippen molar-refractivity contribution in [1.82, 2.24) is 20.3 Å². The topological polar surface area (TPSA) is 76.8 Å². The van der Waals surface area contributed by atoms with Gasteiger partial charge in [-0.2, -0.15) is 5.10 Å². The largest absolute Gasteiger partial charge is 0.370 e. The summed E-state index contributed by atoms with van der Waals surface area (Å²) in [5.74, 6) is 8.44. The molecule has 0 radical (unpaired) electrons. The fourth-order valence-corrected chi connectivity index (χ4v) is 6.51. The lowest BCUT2D eigenvalue weighted by Crippen LogP contribution is -2.47. The number of pyridine rings is 1. The number of hydrogen-bond acceptors (Lipinski definition) is 5. The highest BCUT2D eigenvalue weighted by Gasteiger charge is 2.49. The molecule has 188 valence electrons. The van der Waals surface area contributed by atoms with Gasteiger partial charge in [-0.05, 0) is 69.6 Å². The van der Waals surface area contributed by atoms with Crippen LogP contribution in [-0.4, -0.2) is 25.9 Å². The van der Waals surface area contributed by atoms with Gasteiger partial charge in [0.1, 0.15) is 11.5 Å². The Kier molecular flexibility index (Phi) is 5.58. The monoisotopic (exact) mass is 532 g/mol. The number of benzene rings is 1.